The highest BCUT2D eigenvalue weighted by Crippen LogP contribution is 2.22. The fourth-order valence-corrected chi connectivity index (χ4v) is 4.98. The molecular formula is C39H72N2O4. The number of esters is 1. The van der Waals surface area contributed by atoms with E-state index < -0.39 is 0 Å². The molecule has 0 unspecified atom stereocenters. The van der Waals surface area contributed by atoms with Crippen LogP contribution in [0.1, 0.15) is 182 Å². The Morgan fingerprint density at radius 2 is 1.00 bits per heavy atom. The molecule has 0 bridgehead atoms. The lowest BCUT2D eigenvalue weighted by atomic mass is 9.92. The zero-order valence-electron chi connectivity index (χ0n) is 30.2. The van der Waals surface area contributed by atoms with E-state index in [4.69, 9.17) is 14.4 Å². The second-order valence-corrected chi connectivity index (χ2v) is 13.6. The minimum atomic E-state index is -0.0578. The number of hydrogen-bond donors (Lipinski definition) is 0. The molecule has 0 heterocycles. The second-order valence-electron chi connectivity index (χ2n) is 13.6. The van der Waals surface area contributed by atoms with Crippen molar-refractivity contribution in [2.45, 2.75) is 188 Å². The van der Waals surface area contributed by atoms with E-state index in [1.54, 1.807) is 0 Å². The molecule has 0 saturated carbocycles. The summed E-state index contributed by atoms with van der Waals surface area (Å²) in [6.07, 6.45) is 38.2. The summed E-state index contributed by atoms with van der Waals surface area (Å²) in [5.74, 6) is -0.0578. The molecule has 0 N–H and O–H groups in total. The third kappa shape index (κ3) is 36.2. The maximum absolute atomic E-state index is 12.5. The monoisotopic (exact) mass is 633 g/mol. The van der Waals surface area contributed by atoms with Crippen molar-refractivity contribution in [1.29, 1.82) is 0 Å². The van der Waals surface area contributed by atoms with E-state index in [0.29, 0.717) is 19.6 Å². The molecule has 0 aromatic carbocycles. The normalized spacial score (nSPS) is 12.5. The van der Waals surface area contributed by atoms with Crippen molar-refractivity contribution in [2.75, 3.05) is 13.2 Å². The number of ether oxygens (including phenoxy) is 1. The smallest absolute Gasteiger partial charge is 0.306 e. The lowest BCUT2D eigenvalue weighted by Gasteiger charge is -2.22. The Kier molecular flexibility index (Phi) is 31.7. The number of carbonyl (C=O) groups is 1. The number of allylic oxidation sites excluding steroid dienone is 2. The first-order valence-electron chi connectivity index (χ1n) is 18.7. The maximum atomic E-state index is 12.5. The molecule has 0 aromatic rings. The van der Waals surface area contributed by atoms with Crippen LogP contribution < -0.4 is 0 Å². The molecule has 0 atom stereocenters. The third-order valence-electron chi connectivity index (χ3n) is 7.61. The first-order valence-corrected chi connectivity index (χ1v) is 18.7. The quantitative estimate of drug-likeness (QED) is 0.0243. The highest BCUT2D eigenvalue weighted by atomic mass is 16.6. The number of rotatable bonds is 32. The standard InChI is InChI=1S/C39H72N2O4/c1-6-8-10-12-14-22-28-34-43-40-32-26-20-16-18-24-30-37(45-38(42)36-39(3,4)5)31-25-19-17-21-27-33-41-44-35-29-23-15-13-11-9-7-2/h22-23,28-29,32-33,37H,6-21,24-27,30-31,34-36H2,1-5H3/b28-22-,29-23-,40-32+,41-33+. The topological polar surface area (TPSA) is 69.5 Å². The van der Waals surface area contributed by atoms with Crippen LogP contribution in [0.4, 0.5) is 0 Å². The van der Waals surface area contributed by atoms with Crippen LogP contribution in [0.5, 0.6) is 0 Å². The molecule has 0 spiro atoms. The summed E-state index contributed by atoms with van der Waals surface area (Å²) in [5.41, 5.74) is -0.0484. The summed E-state index contributed by atoms with van der Waals surface area (Å²) in [6.45, 7) is 11.9. The van der Waals surface area contributed by atoms with E-state index in [2.05, 4.69) is 69.2 Å². The van der Waals surface area contributed by atoms with E-state index in [0.717, 1.165) is 89.9 Å². The predicted octanol–water partition coefficient (Wildman–Crippen LogP) is 12.1. The van der Waals surface area contributed by atoms with Gasteiger partial charge in [-0.05, 0) is 94.6 Å². The molecule has 0 radical (unpaired) electrons. The van der Waals surface area contributed by atoms with Crippen molar-refractivity contribution in [3.63, 3.8) is 0 Å². The number of nitrogens with zero attached hydrogens (tertiary/aromatic N) is 2. The second kappa shape index (κ2) is 33.3. The number of carbonyl (C=O) groups excluding carboxylic acids is 1. The molecule has 6 nitrogen and oxygen atoms in total. The van der Waals surface area contributed by atoms with Crippen molar-refractivity contribution in [2.24, 2.45) is 15.7 Å². The van der Waals surface area contributed by atoms with Gasteiger partial charge in [0.2, 0.25) is 0 Å². The van der Waals surface area contributed by atoms with Crippen molar-refractivity contribution < 1.29 is 19.2 Å². The van der Waals surface area contributed by atoms with E-state index >= 15 is 0 Å². The molecule has 0 aliphatic heterocycles. The Bertz CT molecular complexity index is 707. The molecule has 45 heavy (non-hydrogen) atoms. The Morgan fingerprint density at radius 3 is 1.44 bits per heavy atom. The fourth-order valence-electron chi connectivity index (χ4n) is 4.98. The van der Waals surface area contributed by atoms with Gasteiger partial charge in [-0.2, -0.15) is 0 Å². The number of unbranched alkanes of at least 4 members (excludes halogenated alkanes) is 16. The molecule has 0 aromatic heterocycles. The summed E-state index contributed by atoms with van der Waals surface area (Å²) in [7, 11) is 0. The van der Waals surface area contributed by atoms with E-state index in [-0.39, 0.29) is 17.5 Å². The minimum absolute atomic E-state index is 0.0316. The van der Waals surface area contributed by atoms with Gasteiger partial charge in [0.25, 0.3) is 0 Å². The Balaban J connectivity index is 4.02. The first kappa shape index (κ1) is 42.9. The largest absolute Gasteiger partial charge is 0.462 e. The van der Waals surface area contributed by atoms with Gasteiger partial charge in [0, 0.05) is 12.4 Å². The van der Waals surface area contributed by atoms with Crippen LogP contribution in [-0.2, 0) is 19.2 Å². The summed E-state index contributed by atoms with van der Waals surface area (Å²) in [5, 5.41) is 8.14. The van der Waals surface area contributed by atoms with Crippen molar-refractivity contribution >= 4 is 18.4 Å². The van der Waals surface area contributed by atoms with Crippen molar-refractivity contribution in [3.8, 4) is 0 Å². The molecule has 0 rings (SSSR count). The average Bonchev–Trinajstić information content (AvgIpc) is 2.99. The van der Waals surface area contributed by atoms with Gasteiger partial charge in [0.05, 0.1) is 6.42 Å². The molecular weight excluding hydrogens is 560 g/mol. The van der Waals surface area contributed by atoms with Crippen LogP contribution in [-0.4, -0.2) is 37.7 Å². The zero-order chi connectivity index (χ0) is 33.1. The van der Waals surface area contributed by atoms with Gasteiger partial charge in [-0.3, -0.25) is 4.79 Å². The average molecular weight is 633 g/mol. The Morgan fingerprint density at radius 1 is 0.578 bits per heavy atom. The van der Waals surface area contributed by atoms with E-state index in [9.17, 15) is 4.79 Å². The summed E-state index contributed by atoms with van der Waals surface area (Å²) in [4.78, 5) is 23.2. The lowest BCUT2D eigenvalue weighted by Crippen LogP contribution is -2.22. The van der Waals surface area contributed by atoms with Crippen LogP contribution in [0.2, 0.25) is 0 Å². The van der Waals surface area contributed by atoms with Crippen LogP contribution in [0.3, 0.4) is 0 Å². The molecule has 0 fully saturated rings. The van der Waals surface area contributed by atoms with Gasteiger partial charge in [-0.1, -0.05) is 121 Å². The van der Waals surface area contributed by atoms with Crippen molar-refractivity contribution in [1.82, 2.24) is 0 Å². The maximum Gasteiger partial charge on any atom is 0.306 e. The predicted molar refractivity (Wildman–Crippen MR) is 194 cm³/mol. The van der Waals surface area contributed by atoms with Gasteiger partial charge in [-0.15, -0.1) is 0 Å². The first-order chi connectivity index (χ1) is 21.9. The van der Waals surface area contributed by atoms with Crippen LogP contribution in [0.15, 0.2) is 34.6 Å². The van der Waals surface area contributed by atoms with Gasteiger partial charge in [-0.25, -0.2) is 0 Å². The summed E-state index contributed by atoms with van der Waals surface area (Å²) >= 11 is 0. The Labute approximate surface area is 278 Å². The highest BCUT2D eigenvalue weighted by Gasteiger charge is 2.20. The molecule has 6 heteroatoms. The molecule has 0 aliphatic carbocycles. The van der Waals surface area contributed by atoms with E-state index in [1.165, 1.54) is 51.4 Å². The van der Waals surface area contributed by atoms with Gasteiger partial charge < -0.3 is 14.4 Å². The van der Waals surface area contributed by atoms with Crippen molar-refractivity contribution in [3.05, 3.63) is 24.3 Å². The van der Waals surface area contributed by atoms with E-state index in [1.807, 2.05) is 12.4 Å². The SMILES string of the molecule is CCCCCC/C=C\CO/N=C/CCCCCCC(CCCCCC/C=N/OC/C=C\CCCCCC)OC(=O)CC(C)(C)C. The van der Waals surface area contributed by atoms with Gasteiger partial charge in [0.15, 0.2) is 0 Å². The lowest BCUT2D eigenvalue weighted by molar-refractivity contribution is -0.152. The summed E-state index contributed by atoms with van der Waals surface area (Å²) in [6, 6.07) is 0. The Hall–Kier alpha value is -2.11. The van der Waals surface area contributed by atoms with Crippen LogP contribution in [0.25, 0.3) is 0 Å². The van der Waals surface area contributed by atoms with Gasteiger partial charge >= 0.3 is 5.97 Å². The minimum Gasteiger partial charge on any atom is -0.462 e. The highest BCUT2D eigenvalue weighted by molar-refractivity contribution is 5.70. The molecule has 0 amide bonds. The number of hydrogen-bond acceptors (Lipinski definition) is 6. The van der Waals surface area contributed by atoms with Crippen LogP contribution in [0, 0.1) is 5.41 Å². The zero-order valence-corrected chi connectivity index (χ0v) is 30.2. The summed E-state index contributed by atoms with van der Waals surface area (Å²) < 4.78 is 5.95. The third-order valence-corrected chi connectivity index (χ3v) is 7.61. The fraction of sp³-hybridized carbons (Fsp3) is 0.821. The molecule has 0 aliphatic rings. The van der Waals surface area contributed by atoms with Gasteiger partial charge in [0.1, 0.15) is 19.3 Å². The molecule has 0 saturated heterocycles. The number of oxime groups is 2. The molecule has 262 valence electrons. The van der Waals surface area contributed by atoms with Crippen LogP contribution >= 0.6 is 0 Å².